The van der Waals surface area contributed by atoms with Gasteiger partial charge in [0.15, 0.2) is 0 Å². The van der Waals surface area contributed by atoms with Gasteiger partial charge in [0.1, 0.15) is 0 Å². The third kappa shape index (κ3) is 17.9. The minimum absolute atomic E-state index is 1.11. The Morgan fingerprint density at radius 2 is 0.252 bits per heavy atom. The van der Waals surface area contributed by atoms with Gasteiger partial charge in [-0.3, -0.25) is 0 Å². The lowest BCUT2D eigenvalue weighted by atomic mass is 9.96. The van der Waals surface area contributed by atoms with E-state index in [-0.39, 0.29) is 0 Å². The van der Waals surface area contributed by atoms with Gasteiger partial charge >= 0.3 is 0 Å². The molecule has 0 aliphatic carbocycles. The first kappa shape index (κ1) is 82.9. The number of fused-ring (bicyclic) bond motifs is 6. The number of hydrogen-bond acceptors (Lipinski definition) is 3. The van der Waals surface area contributed by atoms with Crippen LogP contribution in [-0.2, 0) is 0 Å². The second-order valence-corrected chi connectivity index (χ2v) is 34.3. The maximum absolute atomic E-state index is 2.40. The molecule has 0 bridgehead atoms. The van der Waals surface area contributed by atoms with Crippen LogP contribution in [0.25, 0.3) is 165 Å². The van der Waals surface area contributed by atoms with Gasteiger partial charge in [0, 0.05) is 51.2 Å². The first-order valence-corrected chi connectivity index (χ1v) is 46.3. The van der Waals surface area contributed by atoms with Crippen LogP contribution in [0.15, 0.2) is 564 Å². The molecule has 0 heterocycles. The Bertz CT molecular complexity index is 7610. The predicted octanol–water partition coefficient (Wildman–Crippen LogP) is 37.4. The summed E-state index contributed by atoms with van der Waals surface area (Å²) in [6.45, 7) is 0. The number of benzene rings is 24. The average Bonchev–Trinajstić information content (AvgIpc) is 0.775. The van der Waals surface area contributed by atoms with E-state index in [9.17, 15) is 0 Å². The normalized spacial score (nSPS) is 11.1. The fraction of sp³-hybridized carbons (Fsp3) is 0. The van der Waals surface area contributed by atoms with Gasteiger partial charge in [0.25, 0.3) is 0 Å². The molecule has 0 aliphatic heterocycles. The number of nitrogens with zero attached hydrogens (tertiary/aromatic N) is 3. The molecule has 3 heteroatoms. The van der Waals surface area contributed by atoms with Crippen LogP contribution in [0, 0.1) is 0 Å². The van der Waals surface area contributed by atoms with Gasteiger partial charge < -0.3 is 14.7 Å². The zero-order valence-corrected chi connectivity index (χ0v) is 74.5. The molecule has 0 amide bonds. The fourth-order valence-corrected chi connectivity index (χ4v) is 19.2. The van der Waals surface area contributed by atoms with Gasteiger partial charge in [-0.1, -0.05) is 437 Å². The largest absolute Gasteiger partial charge is 0.310 e. The smallest absolute Gasteiger partial charge is 0.0467 e. The van der Waals surface area contributed by atoms with Gasteiger partial charge in [-0.2, -0.15) is 0 Å². The lowest BCUT2D eigenvalue weighted by Gasteiger charge is -2.27. The van der Waals surface area contributed by atoms with E-state index in [2.05, 4.69) is 579 Å². The maximum atomic E-state index is 2.40. The second kappa shape index (κ2) is 38.1. The SMILES string of the molecule is c1cc(-c2ccc3ccccc3c2)cc(N(c2cccc(-c3ccc4ccccc4c3)c2)c2cccc(-c3ccc4ccccc4c3)c2)c1.c1cc(-c2cccc3ccccc23)cc(N(c2cccc(-c3cccc4ccccc34)c2)c2cccc(-c3cccc4ccccc34)c2)c1.c1ccc(-c2cccc(N(c3cccc(-c4ccccc4)c3)c3cccc(-c4ccccc4)c3)c2)cc1. The standard InChI is InChI=1S/2C48H33N.C36H27N/c1-4-25-43-34(13-1)16-10-28-46(43)37-19-7-22-40(31-37)49(41-23-8-20-38(32-41)47-29-11-17-35-14-2-5-26-44(35)47)42-24-9-21-39(33-42)48-30-12-18-36-15-3-6-27-45(36)48;1-4-13-37-28-43(25-22-34(37)10-1)40-16-7-19-46(31-40)49(47-20-8-17-41(32-47)44-26-23-35-11-2-5-14-38(35)29-44)48-21-9-18-42(33-48)45-27-24-36-12-3-6-15-39(36)30-45;1-4-13-28(14-5-1)31-19-10-22-34(25-31)37(35-23-11-20-32(26-35)29-15-6-2-7-16-29)36-24-12-21-33(27-36)30-17-8-3-9-18-30/h2*1-33H;1-27H. The van der Waals surface area contributed by atoms with Crippen molar-refractivity contribution in [1.29, 1.82) is 0 Å². The molecule has 24 aromatic rings. The van der Waals surface area contributed by atoms with Gasteiger partial charge in [0.2, 0.25) is 0 Å². The number of rotatable bonds is 18. The third-order valence-electron chi connectivity index (χ3n) is 25.8. The summed E-state index contributed by atoms with van der Waals surface area (Å²) < 4.78 is 0. The van der Waals surface area contributed by atoms with Crippen LogP contribution in [0.1, 0.15) is 0 Å². The van der Waals surface area contributed by atoms with E-state index in [1.54, 1.807) is 0 Å². The van der Waals surface area contributed by atoms with Crippen molar-refractivity contribution in [3.63, 3.8) is 0 Å². The quantitative estimate of drug-likeness (QED) is 0.0848. The zero-order chi connectivity index (χ0) is 90.0. The Hall–Kier alpha value is -17.8. The molecule has 0 aromatic heterocycles. The summed E-state index contributed by atoms with van der Waals surface area (Å²) in [4.78, 5) is 7.14. The minimum atomic E-state index is 1.11. The molecular formula is C132H93N3. The molecule has 636 valence electrons. The van der Waals surface area contributed by atoms with Crippen LogP contribution >= 0.6 is 0 Å². The average molecular weight is 1720 g/mol. The first-order chi connectivity index (χ1) is 66.9. The molecule has 24 aromatic carbocycles. The van der Waals surface area contributed by atoms with Crippen LogP contribution in [0.2, 0.25) is 0 Å². The summed E-state index contributed by atoms with van der Waals surface area (Å²) in [5, 5.41) is 15.0. The van der Waals surface area contributed by atoms with Gasteiger partial charge in [-0.15, -0.1) is 0 Å². The molecule has 24 rings (SSSR count). The summed E-state index contributed by atoms with van der Waals surface area (Å²) in [5.74, 6) is 0. The lowest BCUT2D eigenvalue weighted by molar-refractivity contribution is 1.28. The van der Waals surface area contributed by atoms with Crippen LogP contribution in [0.5, 0.6) is 0 Å². The molecule has 0 fully saturated rings. The number of hydrogen-bond donors (Lipinski definition) is 0. The molecule has 135 heavy (non-hydrogen) atoms. The highest BCUT2D eigenvalue weighted by Crippen LogP contribution is 2.47. The Labute approximate surface area is 789 Å². The van der Waals surface area contributed by atoms with Crippen molar-refractivity contribution in [1.82, 2.24) is 0 Å². The van der Waals surface area contributed by atoms with E-state index in [0.29, 0.717) is 0 Å². The van der Waals surface area contributed by atoms with Crippen molar-refractivity contribution in [3.05, 3.63) is 564 Å². The molecule has 0 radical (unpaired) electrons. The molecule has 0 saturated heterocycles. The highest BCUT2D eigenvalue weighted by molar-refractivity contribution is 6.02. The second-order valence-electron chi connectivity index (χ2n) is 34.3. The molecule has 0 atom stereocenters. The molecular weight excluding hydrogens is 1630 g/mol. The lowest BCUT2D eigenvalue weighted by Crippen LogP contribution is -2.10. The van der Waals surface area contributed by atoms with E-state index in [1.807, 2.05) is 0 Å². The van der Waals surface area contributed by atoms with E-state index < -0.39 is 0 Å². The van der Waals surface area contributed by atoms with Crippen molar-refractivity contribution in [2.24, 2.45) is 0 Å². The van der Waals surface area contributed by atoms with E-state index in [4.69, 9.17) is 0 Å². The molecule has 0 unspecified atom stereocenters. The minimum Gasteiger partial charge on any atom is -0.310 e. The van der Waals surface area contributed by atoms with Crippen LogP contribution in [0.4, 0.5) is 51.2 Å². The summed E-state index contributed by atoms with van der Waals surface area (Å²) in [6.07, 6.45) is 0. The van der Waals surface area contributed by atoms with Gasteiger partial charge in [-0.25, -0.2) is 0 Å². The molecule has 0 N–H and O–H groups in total. The van der Waals surface area contributed by atoms with E-state index in [0.717, 1.165) is 51.2 Å². The van der Waals surface area contributed by atoms with Gasteiger partial charge in [0.05, 0.1) is 0 Å². The summed E-state index contributed by atoms with van der Waals surface area (Å²) in [7, 11) is 0. The van der Waals surface area contributed by atoms with Crippen molar-refractivity contribution in [2.75, 3.05) is 14.7 Å². The highest BCUT2D eigenvalue weighted by Gasteiger charge is 2.22. The third-order valence-corrected chi connectivity index (χ3v) is 25.8. The Kier molecular flexibility index (Phi) is 23.4. The summed E-state index contributed by atoms with van der Waals surface area (Å²) in [6, 6.07) is 203. The van der Waals surface area contributed by atoms with E-state index >= 15 is 0 Å². The van der Waals surface area contributed by atoms with Crippen LogP contribution in [-0.4, -0.2) is 0 Å². The summed E-state index contributed by atoms with van der Waals surface area (Å²) >= 11 is 0. The van der Waals surface area contributed by atoms with Crippen LogP contribution < -0.4 is 14.7 Å². The summed E-state index contributed by atoms with van der Waals surface area (Å²) in [5.41, 5.74) is 31.7. The molecule has 0 aliphatic rings. The zero-order valence-electron chi connectivity index (χ0n) is 74.5. The fourth-order valence-electron chi connectivity index (χ4n) is 19.2. The van der Waals surface area contributed by atoms with E-state index in [1.165, 1.54) is 165 Å². The number of anilines is 9. The van der Waals surface area contributed by atoms with Crippen molar-refractivity contribution >= 4 is 116 Å². The monoisotopic (exact) mass is 1720 g/mol. The van der Waals surface area contributed by atoms with Crippen molar-refractivity contribution in [2.45, 2.75) is 0 Å². The van der Waals surface area contributed by atoms with Gasteiger partial charge in [-0.05, 0) is 292 Å². The predicted molar refractivity (Wildman–Crippen MR) is 577 cm³/mol. The Morgan fingerprint density at radius 3 is 0.496 bits per heavy atom. The Morgan fingerprint density at radius 1 is 0.0889 bits per heavy atom. The Balaban J connectivity index is 0.000000119. The maximum Gasteiger partial charge on any atom is 0.0467 e. The van der Waals surface area contributed by atoms with Crippen LogP contribution in [0.3, 0.4) is 0 Å². The topological polar surface area (TPSA) is 9.72 Å². The molecule has 3 nitrogen and oxygen atoms in total. The van der Waals surface area contributed by atoms with Crippen molar-refractivity contribution < 1.29 is 0 Å². The first-order valence-electron chi connectivity index (χ1n) is 46.3. The highest BCUT2D eigenvalue weighted by atomic mass is 15.2. The molecule has 0 spiro atoms. The molecule has 0 saturated carbocycles. The van der Waals surface area contributed by atoms with Crippen molar-refractivity contribution in [3.8, 4) is 100 Å².